The smallest absolute Gasteiger partial charge is 0.326 e. The number of nitrogens with one attached hydrogen (secondary N) is 4. The molecule has 8 N–H and O–H groups in total. The number of hydrogen-bond donors (Lipinski definition) is 7. The number of aliphatic carboxylic acids is 2. The molecule has 1 rings (SSSR count). The van der Waals surface area contributed by atoms with Crippen LogP contribution in [0.15, 0.2) is 12.5 Å². The Hall–Kier alpha value is -3.48. The van der Waals surface area contributed by atoms with Gasteiger partial charge in [-0.3, -0.25) is 19.2 Å². The standard InChI is InChI=1S/C17H26N6O7/c1-8(18)14(26)22-11(3-4-13(24)25)16(28)21-9(2)15(27)23-12(17(29)30)5-10-6-19-7-20-10/h6-9,11-12H,3-5,18H2,1-2H3,(H,19,20)(H,21,28)(H,22,26)(H,23,27)(H,24,25)(H,29,30). The largest absolute Gasteiger partial charge is 0.481 e. The Morgan fingerprint density at radius 2 is 1.67 bits per heavy atom. The van der Waals surface area contributed by atoms with Crippen molar-refractivity contribution < 1.29 is 34.2 Å². The Balaban J connectivity index is 2.74. The van der Waals surface area contributed by atoms with E-state index < -0.39 is 60.2 Å². The topological polar surface area (TPSA) is 217 Å². The zero-order valence-corrected chi connectivity index (χ0v) is 16.5. The first kappa shape index (κ1) is 24.6. The summed E-state index contributed by atoms with van der Waals surface area (Å²) in [5, 5.41) is 25.1. The van der Waals surface area contributed by atoms with Crippen LogP contribution >= 0.6 is 0 Å². The van der Waals surface area contributed by atoms with Gasteiger partial charge in [-0.25, -0.2) is 9.78 Å². The highest BCUT2D eigenvalue weighted by Crippen LogP contribution is 2.02. The minimum Gasteiger partial charge on any atom is -0.481 e. The van der Waals surface area contributed by atoms with Gasteiger partial charge in [0.1, 0.15) is 18.1 Å². The van der Waals surface area contributed by atoms with Crippen LogP contribution in [0.3, 0.4) is 0 Å². The fraction of sp³-hybridized carbons (Fsp3) is 0.529. The molecule has 0 fully saturated rings. The molecule has 0 aliphatic carbocycles. The first-order valence-electron chi connectivity index (χ1n) is 9.09. The fourth-order valence-electron chi connectivity index (χ4n) is 2.33. The van der Waals surface area contributed by atoms with Crippen molar-refractivity contribution in [3.63, 3.8) is 0 Å². The highest BCUT2D eigenvalue weighted by atomic mass is 16.4. The molecule has 0 aliphatic rings. The molecule has 0 saturated heterocycles. The predicted molar refractivity (Wildman–Crippen MR) is 102 cm³/mol. The molecule has 0 saturated carbocycles. The second-order valence-corrected chi connectivity index (χ2v) is 6.69. The number of nitrogens with two attached hydrogens (primary N) is 1. The van der Waals surface area contributed by atoms with Crippen molar-refractivity contribution >= 4 is 29.7 Å². The number of rotatable bonds is 12. The summed E-state index contributed by atoms with van der Waals surface area (Å²) in [5.41, 5.74) is 5.93. The van der Waals surface area contributed by atoms with Gasteiger partial charge in [0.25, 0.3) is 0 Å². The highest BCUT2D eigenvalue weighted by molar-refractivity contribution is 5.94. The lowest BCUT2D eigenvalue weighted by molar-refractivity contribution is -0.142. The van der Waals surface area contributed by atoms with Crippen LogP contribution in [0.2, 0.25) is 0 Å². The number of amides is 3. The van der Waals surface area contributed by atoms with Crippen molar-refractivity contribution in [2.75, 3.05) is 0 Å². The van der Waals surface area contributed by atoms with Crippen molar-refractivity contribution in [1.29, 1.82) is 0 Å². The van der Waals surface area contributed by atoms with Gasteiger partial charge in [-0.2, -0.15) is 0 Å². The second-order valence-electron chi connectivity index (χ2n) is 6.69. The van der Waals surface area contributed by atoms with E-state index in [1.54, 1.807) is 0 Å². The van der Waals surface area contributed by atoms with Crippen molar-refractivity contribution in [3.8, 4) is 0 Å². The summed E-state index contributed by atoms with van der Waals surface area (Å²) in [4.78, 5) is 65.2. The Kier molecular flexibility index (Phi) is 9.42. The zero-order valence-electron chi connectivity index (χ0n) is 16.5. The lowest BCUT2D eigenvalue weighted by Gasteiger charge is -2.22. The van der Waals surface area contributed by atoms with Crippen LogP contribution in [0.25, 0.3) is 0 Å². The molecule has 0 bridgehead atoms. The van der Waals surface area contributed by atoms with E-state index in [0.717, 1.165) is 0 Å². The molecular formula is C17H26N6O7. The number of hydrogen-bond acceptors (Lipinski definition) is 7. The van der Waals surface area contributed by atoms with Crippen LogP contribution in [-0.2, 0) is 30.4 Å². The van der Waals surface area contributed by atoms with Crippen LogP contribution in [0.4, 0.5) is 0 Å². The van der Waals surface area contributed by atoms with E-state index in [4.69, 9.17) is 10.8 Å². The SMILES string of the molecule is CC(N)C(=O)NC(CCC(=O)O)C(=O)NC(C)C(=O)NC(Cc1cnc[nH]1)C(=O)O. The Labute approximate surface area is 171 Å². The maximum absolute atomic E-state index is 12.4. The number of H-pyrrole nitrogens is 1. The first-order chi connectivity index (χ1) is 14.0. The molecular weight excluding hydrogens is 400 g/mol. The molecule has 0 aromatic carbocycles. The molecule has 1 heterocycles. The third-order valence-corrected chi connectivity index (χ3v) is 4.04. The number of carbonyl (C=O) groups is 5. The van der Waals surface area contributed by atoms with Gasteiger partial charge in [-0.15, -0.1) is 0 Å². The molecule has 0 spiro atoms. The molecule has 4 unspecified atom stereocenters. The van der Waals surface area contributed by atoms with E-state index in [1.807, 2.05) is 0 Å². The number of carboxylic acid groups (broad SMARTS) is 2. The van der Waals surface area contributed by atoms with Crippen LogP contribution in [-0.4, -0.2) is 74.0 Å². The quantitative estimate of drug-likeness (QED) is 0.191. The van der Waals surface area contributed by atoms with Crippen molar-refractivity contribution in [2.45, 2.75) is 57.3 Å². The minimum absolute atomic E-state index is 0.0482. The van der Waals surface area contributed by atoms with Gasteiger partial charge in [0.15, 0.2) is 0 Å². The summed E-state index contributed by atoms with van der Waals surface area (Å²) in [7, 11) is 0. The Morgan fingerprint density at radius 1 is 1.03 bits per heavy atom. The Bertz CT molecular complexity index is 765. The maximum Gasteiger partial charge on any atom is 0.326 e. The molecule has 30 heavy (non-hydrogen) atoms. The third kappa shape index (κ3) is 8.26. The molecule has 13 nitrogen and oxygen atoms in total. The number of carbonyl (C=O) groups excluding carboxylic acids is 3. The van der Waals surface area contributed by atoms with Gasteiger partial charge in [-0.1, -0.05) is 0 Å². The summed E-state index contributed by atoms with van der Waals surface area (Å²) < 4.78 is 0. The number of aromatic amines is 1. The van der Waals surface area contributed by atoms with Crippen molar-refractivity contribution in [2.24, 2.45) is 5.73 Å². The number of imidazole rings is 1. The maximum atomic E-state index is 12.4. The van der Waals surface area contributed by atoms with Crippen LogP contribution in [0.1, 0.15) is 32.4 Å². The van der Waals surface area contributed by atoms with E-state index in [-0.39, 0.29) is 12.8 Å². The molecule has 3 amide bonds. The van der Waals surface area contributed by atoms with E-state index in [1.165, 1.54) is 26.4 Å². The average Bonchev–Trinajstić information content (AvgIpc) is 3.16. The number of carboxylic acids is 2. The van der Waals surface area contributed by atoms with Gasteiger partial charge in [0.2, 0.25) is 17.7 Å². The first-order valence-corrected chi connectivity index (χ1v) is 9.09. The lowest BCUT2D eigenvalue weighted by Crippen LogP contribution is -2.56. The van der Waals surface area contributed by atoms with Gasteiger partial charge in [0, 0.05) is 24.7 Å². The average molecular weight is 426 g/mol. The van der Waals surface area contributed by atoms with Gasteiger partial charge in [-0.05, 0) is 20.3 Å². The Morgan fingerprint density at radius 3 is 2.17 bits per heavy atom. The molecule has 1 aromatic rings. The van der Waals surface area contributed by atoms with E-state index in [2.05, 4.69) is 25.9 Å². The second kappa shape index (κ2) is 11.5. The van der Waals surface area contributed by atoms with Crippen LogP contribution in [0.5, 0.6) is 0 Å². The summed E-state index contributed by atoms with van der Waals surface area (Å²) in [6, 6.07) is -4.57. The predicted octanol–water partition coefficient (Wildman–Crippen LogP) is -2.28. The molecule has 166 valence electrons. The summed E-state index contributed by atoms with van der Waals surface area (Å²) in [6.45, 7) is 2.72. The minimum atomic E-state index is -1.28. The van der Waals surface area contributed by atoms with E-state index in [9.17, 15) is 29.1 Å². The highest BCUT2D eigenvalue weighted by Gasteiger charge is 2.28. The van der Waals surface area contributed by atoms with Gasteiger partial charge >= 0.3 is 11.9 Å². The number of nitrogens with zero attached hydrogens (tertiary/aromatic N) is 1. The molecule has 1 aromatic heterocycles. The number of aromatic nitrogens is 2. The van der Waals surface area contributed by atoms with E-state index in [0.29, 0.717) is 5.69 Å². The van der Waals surface area contributed by atoms with Gasteiger partial charge in [0.05, 0.1) is 12.4 Å². The lowest BCUT2D eigenvalue weighted by atomic mass is 10.1. The fourth-order valence-corrected chi connectivity index (χ4v) is 2.33. The normalized spacial score (nSPS) is 14.6. The molecule has 13 heteroatoms. The van der Waals surface area contributed by atoms with Gasteiger partial charge < -0.3 is 36.9 Å². The van der Waals surface area contributed by atoms with E-state index >= 15 is 0 Å². The summed E-state index contributed by atoms with van der Waals surface area (Å²) >= 11 is 0. The van der Waals surface area contributed by atoms with Crippen molar-refractivity contribution in [3.05, 3.63) is 18.2 Å². The van der Waals surface area contributed by atoms with Crippen LogP contribution in [0, 0.1) is 0 Å². The zero-order chi connectivity index (χ0) is 22.8. The molecule has 0 aliphatic heterocycles. The summed E-state index contributed by atoms with van der Waals surface area (Å²) in [6.07, 6.45) is 2.12. The monoisotopic (exact) mass is 426 g/mol. The van der Waals surface area contributed by atoms with Crippen molar-refractivity contribution in [1.82, 2.24) is 25.9 Å². The molecule has 0 radical (unpaired) electrons. The van der Waals surface area contributed by atoms with Crippen LogP contribution < -0.4 is 21.7 Å². The molecule has 4 atom stereocenters. The summed E-state index contributed by atoms with van der Waals surface area (Å²) in [5.74, 6) is -4.68. The third-order valence-electron chi connectivity index (χ3n) is 4.04.